The van der Waals surface area contributed by atoms with Crippen molar-refractivity contribution in [1.82, 2.24) is 4.90 Å². The molecule has 0 unspecified atom stereocenters. The van der Waals surface area contributed by atoms with Gasteiger partial charge in [-0.2, -0.15) is 0 Å². The molecule has 0 saturated carbocycles. The van der Waals surface area contributed by atoms with Gasteiger partial charge in [0.15, 0.2) is 0 Å². The van der Waals surface area contributed by atoms with Crippen molar-refractivity contribution in [2.75, 3.05) is 32.5 Å². The van der Waals surface area contributed by atoms with Crippen molar-refractivity contribution >= 4 is 23.2 Å². The van der Waals surface area contributed by atoms with E-state index in [4.69, 9.17) is 22.1 Å². The highest BCUT2D eigenvalue weighted by atomic mass is 35.5. The number of hydrogen-bond acceptors (Lipinski definition) is 4. The first kappa shape index (κ1) is 15.1. The Balaban J connectivity index is 2.10. The minimum Gasteiger partial charge on any atom is -0.397 e. The van der Waals surface area contributed by atoms with E-state index in [1.54, 1.807) is 25.2 Å². The summed E-state index contributed by atoms with van der Waals surface area (Å²) in [4.78, 5) is 13.9. The van der Waals surface area contributed by atoms with E-state index in [9.17, 15) is 9.90 Å². The number of hydrogen-bond donors (Lipinski definition) is 2. The highest BCUT2D eigenvalue weighted by Crippen LogP contribution is 2.25. The average molecular weight is 299 g/mol. The molecule has 1 aromatic rings. The van der Waals surface area contributed by atoms with Crippen LogP contribution < -0.4 is 5.73 Å². The Morgan fingerprint density at radius 2 is 2.15 bits per heavy atom. The Morgan fingerprint density at radius 3 is 2.80 bits per heavy atom. The van der Waals surface area contributed by atoms with E-state index < -0.39 is 5.60 Å². The summed E-state index contributed by atoms with van der Waals surface area (Å²) < 4.78 is 5.23. The molecule has 1 aliphatic heterocycles. The minimum absolute atomic E-state index is 0.245. The van der Waals surface area contributed by atoms with Crippen molar-refractivity contribution in [3.05, 3.63) is 28.8 Å². The molecular formula is C14H19ClN2O3. The maximum atomic E-state index is 12.4. The number of likely N-dealkylation sites (N-methyl/N-ethyl adjacent to an activating group) is 1. The summed E-state index contributed by atoms with van der Waals surface area (Å²) in [5.41, 5.74) is 5.56. The average Bonchev–Trinajstić information content (AvgIpc) is 2.41. The van der Waals surface area contributed by atoms with Crippen LogP contribution in [0.15, 0.2) is 18.2 Å². The minimum atomic E-state index is -0.893. The molecule has 1 aliphatic rings. The molecule has 0 bridgehead atoms. The Kier molecular flexibility index (Phi) is 4.52. The molecule has 3 N–H and O–H groups in total. The van der Waals surface area contributed by atoms with Gasteiger partial charge in [-0.1, -0.05) is 17.7 Å². The maximum absolute atomic E-state index is 12.4. The van der Waals surface area contributed by atoms with Crippen LogP contribution in [0.3, 0.4) is 0 Å². The number of amides is 1. The SMILES string of the molecule is CN(CC1(O)CCOCC1)C(=O)c1cccc(Cl)c1N. The predicted molar refractivity (Wildman–Crippen MR) is 77.8 cm³/mol. The van der Waals surface area contributed by atoms with Crippen LogP contribution in [0.4, 0.5) is 5.69 Å². The van der Waals surface area contributed by atoms with E-state index >= 15 is 0 Å². The molecule has 1 heterocycles. The number of nitrogens with zero attached hydrogens (tertiary/aromatic N) is 1. The lowest BCUT2D eigenvalue weighted by atomic mass is 9.93. The number of carbonyl (C=O) groups excluding carboxylic acids is 1. The van der Waals surface area contributed by atoms with Gasteiger partial charge in [0.05, 0.1) is 21.9 Å². The number of anilines is 1. The smallest absolute Gasteiger partial charge is 0.255 e. The first-order chi connectivity index (χ1) is 9.43. The van der Waals surface area contributed by atoms with Crippen molar-refractivity contribution in [2.45, 2.75) is 18.4 Å². The zero-order valence-corrected chi connectivity index (χ0v) is 12.2. The standard InChI is InChI=1S/C14H19ClN2O3/c1-17(9-14(19)5-7-20-8-6-14)13(18)10-3-2-4-11(15)12(10)16/h2-4,19H,5-9,16H2,1H3. The summed E-state index contributed by atoms with van der Waals surface area (Å²) in [6, 6.07) is 4.96. The van der Waals surface area contributed by atoms with Crippen LogP contribution in [-0.4, -0.2) is 48.3 Å². The van der Waals surface area contributed by atoms with Crippen LogP contribution in [0.2, 0.25) is 5.02 Å². The van der Waals surface area contributed by atoms with Crippen molar-refractivity contribution in [3.8, 4) is 0 Å². The number of nitrogens with two attached hydrogens (primary N) is 1. The third-order valence-corrected chi connectivity index (χ3v) is 3.91. The molecular weight excluding hydrogens is 280 g/mol. The molecule has 110 valence electrons. The molecule has 20 heavy (non-hydrogen) atoms. The molecule has 1 amide bonds. The number of nitrogen functional groups attached to an aromatic ring is 1. The number of para-hydroxylation sites is 1. The van der Waals surface area contributed by atoms with Gasteiger partial charge in [-0.25, -0.2) is 0 Å². The molecule has 6 heteroatoms. The molecule has 1 saturated heterocycles. The fraction of sp³-hybridized carbons (Fsp3) is 0.500. The van der Waals surface area contributed by atoms with Crippen LogP contribution in [0, 0.1) is 0 Å². The van der Waals surface area contributed by atoms with Crippen molar-refractivity contribution in [3.63, 3.8) is 0 Å². The van der Waals surface area contributed by atoms with Gasteiger partial charge in [0.25, 0.3) is 5.91 Å². The normalized spacial score (nSPS) is 17.8. The zero-order chi connectivity index (χ0) is 14.8. The second-order valence-corrected chi connectivity index (χ2v) is 5.61. The fourth-order valence-corrected chi connectivity index (χ4v) is 2.53. The van der Waals surface area contributed by atoms with Gasteiger partial charge in [-0.05, 0) is 12.1 Å². The van der Waals surface area contributed by atoms with E-state index in [1.807, 2.05) is 0 Å². The van der Waals surface area contributed by atoms with Gasteiger partial charge < -0.3 is 20.5 Å². The van der Waals surface area contributed by atoms with Crippen molar-refractivity contribution in [1.29, 1.82) is 0 Å². The highest BCUT2D eigenvalue weighted by Gasteiger charge is 2.32. The Hall–Kier alpha value is -1.30. The Bertz CT molecular complexity index is 501. The first-order valence-electron chi connectivity index (χ1n) is 6.52. The molecule has 0 spiro atoms. The molecule has 2 rings (SSSR count). The lowest BCUT2D eigenvalue weighted by Crippen LogP contribution is -2.47. The summed E-state index contributed by atoms with van der Waals surface area (Å²) in [5, 5.41) is 10.8. The third-order valence-electron chi connectivity index (χ3n) is 3.59. The van der Waals surface area contributed by atoms with Gasteiger partial charge in [0.2, 0.25) is 0 Å². The zero-order valence-electron chi connectivity index (χ0n) is 11.4. The van der Waals surface area contributed by atoms with E-state index in [1.165, 1.54) is 4.90 Å². The highest BCUT2D eigenvalue weighted by molar-refractivity contribution is 6.33. The number of rotatable bonds is 3. The summed E-state index contributed by atoms with van der Waals surface area (Å²) >= 11 is 5.92. The molecule has 0 atom stereocenters. The number of ether oxygens (including phenoxy) is 1. The second kappa shape index (κ2) is 5.99. The third kappa shape index (κ3) is 3.23. The summed E-state index contributed by atoms with van der Waals surface area (Å²) in [5.74, 6) is -0.245. The van der Waals surface area contributed by atoms with Crippen molar-refractivity contribution < 1.29 is 14.6 Å². The molecule has 1 aromatic carbocycles. The van der Waals surface area contributed by atoms with E-state index in [2.05, 4.69) is 0 Å². The van der Waals surface area contributed by atoms with E-state index in [0.29, 0.717) is 36.6 Å². The fourth-order valence-electron chi connectivity index (χ4n) is 2.35. The number of halogens is 1. The topological polar surface area (TPSA) is 75.8 Å². The second-order valence-electron chi connectivity index (χ2n) is 5.20. The van der Waals surface area contributed by atoms with Gasteiger partial charge in [-0.3, -0.25) is 4.79 Å². The lowest BCUT2D eigenvalue weighted by molar-refractivity contribution is -0.0734. The number of carbonyl (C=O) groups is 1. The molecule has 0 aliphatic carbocycles. The number of benzene rings is 1. The quantitative estimate of drug-likeness (QED) is 0.830. The summed E-state index contributed by atoms with van der Waals surface area (Å²) in [7, 11) is 1.65. The van der Waals surface area contributed by atoms with Gasteiger partial charge in [0.1, 0.15) is 0 Å². The summed E-state index contributed by atoms with van der Waals surface area (Å²) in [6.45, 7) is 1.27. The van der Waals surface area contributed by atoms with Crippen LogP contribution in [0.1, 0.15) is 23.2 Å². The Morgan fingerprint density at radius 1 is 1.50 bits per heavy atom. The first-order valence-corrected chi connectivity index (χ1v) is 6.90. The van der Waals surface area contributed by atoms with Crippen molar-refractivity contribution in [2.24, 2.45) is 0 Å². The molecule has 1 fully saturated rings. The monoisotopic (exact) mass is 298 g/mol. The van der Waals surface area contributed by atoms with Gasteiger partial charge in [0, 0.05) is 39.6 Å². The van der Waals surface area contributed by atoms with Gasteiger partial charge >= 0.3 is 0 Å². The maximum Gasteiger partial charge on any atom is 0.255 e. The van der Waals surface area contributed by atoms with Crippen LogP contribution in [0.5, 0.6) is 0 Å². The van der Waals surface area contributed by atoms with Gasteiger partial charge in [-0.15, -0.1) is 0 Å². The predicted octanol–water partition coefficient (Wildman–Crippen LogP) is 1.54. The molecule has 5 nitrogen and oxygen atoms in total. The number of aliphatic hydroxyl groups is 1. The summed E-state index contributed by atoms with van der Waals surface area (Å²) in [6.07, 6.45) is 1.05. The van der Waals surface area contributed by atoms with Crippen LogP contribution >= 0.6 is 11.6 Å². The van der Waals surface area contributed by atoms with Crippen LogP contribution in [-0.2, 0) is 4.74 Å². The molecule has 0 radical (unpaired) electrons. The van der Waals surface area contributed by atoms with E-state index in [0.717, 1.165) is 0 Å². The lowest BCUT2D eigenvalue weighted by Gasteiger charge is -2.35. The van der Waals surface area contributed by atoms with Crippen LogP contribution in [0.25, 0.3) is 0 Å². The largest absolute Gasteiger partial charge is 0.397 e. The Labute approximate surface area is 123 Å². The molecule has 0 aromatic heterocycles. The van der Waals surface area contributed by atoms with E-state index in [-0.39, 0.29) is 18.1 Å².